The normalized spacial score (nSPS) is 30.6. The molecule has 2 unspecified atom stereocenters. The minimum absolute atomic E-state index is 0.351. The Morgan fingerprint density at radius 3 is 2.43 bits per heavy atom. The summed E-state index contributed by atoms with van der Waals surface area (Å²) in [4.78, 5) is 2.77. The van der Waals surface area contributed by atoms with Gasteiger partial charge >= 0.3 is 0 Å². The van der Waals surface area contributed by atoms with Gasteiger partial charge in [-0.15, -0.1) is 0 Å². The van der Waals surface area contributed by atoms with E-state index in [9.17, 15) is 0 Å². The highest BCUT2D eigenvalue weighted by molar-refractivity contribution is 5.29. The SMILES string of the molecule is CCC1CN(Cc2cc(C)cc(C)c2)C(C)(C2CC2)CN1. The van der Waals surface area contributed by atoms with Crippen molar-refractivity contribution >= 4 is 0 Å². The molecule has 21 heavy (non-hydrogen) atoms. The van der Waals surface area contributed by atoms with Crippen molar-refractivity contribution in [3.63, 3.8) is 0 Å². The van der Waals surface area contributed by atoms with Gasteiger partial charge in [0.2, 0.25) is 0 Å². The van der Waals surface area contributed by atoms with Crippen molar-refractivity contribution < 1.29 is 0 Å². The third-order valence-corrected chi connectivity index (χ3v) is 5.52. The summed E-state index contributed by atoms with van der Waals surface area (Å²) in [5.41, 5.74) is 4.61. The Balaban J connectivity index is 1.81. The molecule has 0 radical (unpaired) electrons. The molecule has 1 aromatic rings. The number of rotatable bonds is 4. The first-order valence-corrected chi connectivity index (χ1v) is 8.57. The van der Waals surface area contributed by atoms with Crippen LogP contribution >= 0.6 is 0 Å². The maximum absolute atomic E-state index is 3.78. The van der Waals surface area contributed by atoms with E-state index in [1.807, 2.05) is 0 Å². The Bertz CT molecular complexity index is 486. The number of nitrogens with one attached hydrogen (secondary N) is 1. The van der Waals surface area contributed by atoms with Gasteiger partial charge in [-0.25, -0.2) is 0 Å². The number of hydrogen-bond donors (Lipinski definition) is 1. The monoisotopic (exact) mass is 286 g/mol. The molecule has 2 heteroatoms. The summed E-state index contributed by atoms with van der Waals surface area (Å²) in [5, 5.41) is 3.78. The first-order valence-electron chi connectivity index (χ1n) is 8.57. The lowest BCUT2D eigenvalue weighted by atomic mass is 9.88. The maximum atomic E-state index is 3.78. The summed E-state index contributed by atoms with van der Waals surface area (Å²) in [6, 6.07) is 7.66. The van der Waals surface area contributed by atoms with Gasteiger partial charge in [0.1, 0.15) is 0 Å². The molecule has 1 N–H and O–H groups in total. The summed E-state index contributed by atoms with van der Waals surface area (Å²) in [5.74, 6) is 0.897. The first-order chi connectivity index (χ1) is 10.0. The number of piperazine rings is 1. The van der Waals surface area contributed by atoms with Crippen LogP contribution in [0, 0.1) is 19.8 Å². The Kier molecular flexibility index (Phi) is 4.11. The number of benzene rings is 1. The summed E-state index contributed by atoms with van der Waals surface area (Å²) >= 11 is 0. The van der Waals surface area contributed by atoms with Crippen molar-refractivity contribution in [3.8, 4) is 0 Å². The zero-order valence-electron chi connectivity index (χ0n) is 14.1. The summed E-state index contributed by atoms with van der Waals surface area (Å²) in [7, 11) is 0. The van der Waals surface area contributed by atoms with Crippen molar-refractivity contribution in [3.05, 3.63) is 34.9 Å². The molecule has 0 spiro atoms. The molecule has 2 aliphatic rings. The smallest absolute Gasteiger partial charge is 0.0338 e. The van der Waals surface area contributed by atoms with Gasteiger partial charge in [0.25, 0.3) is 0 Å². The Hall–Kier alpha value is -0.860. The van der Waals surface area contributed by atoms with Crippen molar-refractivity contribution in [2.45, 2.75) is 65.1 Å². The fourth-order valence-corrected chi connectivity index (χ4v) is 4.01. The second-order valence-electron chi connectivity index (χ2n) is 7.49. The van der Waals surface area contributed by atoms with Crippen LogP contribution in [0.25, 0.3) is 0 Å². The number of nitrogens with zero attached hydrogens (tertiary/aromatic N) is 1. The fraction of sp³-hybridized carbons (Fsp3) is 0.684. The van der Waals surface area contributed by atoms with E-state index in [0.29, 0.717) is 11.6 Å². The van der Waals surface area contributed by atoms with Gasteiger partial charge in [-0.3, -0.25) is 4.90 Å². The van der Waals surface area contributed by atoms with E-state index < -0.39 is 0 Å². The van der Waals surface area contributed by atoms with Gasteiger partial charge in [-0.2, -0.15) is 0 Å². The second kappa shape index (κ2) is 5.73. The zero-order chi connectivity index (χ0) is 15.0. The van der Waals surface area contributed by atoms with E-state index >= 15 is 0 Å². The Morgan fingerprint density at radius 2 is 1.86 bits per heavy atom. The van der Waals surface area contributed by atoms with Crippen LogP contribution in [-0.2, 0) is 6.54 Å². The van der Waals surface area contributed by atoms with E-state index in [1.165, 1.54) is 42.5 Å². The van der Waals surface area contributed by atoms with Crippen LogP contribution in [-0.4, -0.2) is 29.6 Å². The van der Waals surface area contributed by atoms with Gasteiger partial charge < -0.3 is 5.32 Å². The van der Waals surface area contributed by atoms with Crippen molar-refractivity contribution in [2.75, 3.05) is 13.1 Å². The van der Waals surface area contributed by atoms with E-state index in [0.717, 1.165) is 19.0 Å². The van der Waals surface area contributed by atoms with Crippen LogP contribution in [0.3, 0.4) is 0 Å². The third kappa shape index (κ3) is 3.17. The van der Waals surface area contributed by atoms with E-state index in [1.54, 1.807) is 0 Å². The summed E-state index contributed by atoms with van der Waals surface area (Å²) < 4.78 is 0. The number of hydrogen-bond acceptors (Lipinski definition) is 2. The molecule has 2 nitrogen and oxygen atoms in total. The third-order valence-electron chi connectivity index (χ3n) is 5.52. The molecule has 3 rings (SSSR count). The molecule has 0 aromatic heterocycles. The average molecular weight is 286 g/mol. The Labute approximate surface area is 129 Å². The lowest BCUT2D eigenvalue weighted by molar-refractivity contribution is 0.0270. The zero-order valence-corrected chi connectivity index (χ0v) is 14.1. The fourth-order valence-electron chi connectivity index (χ4n) is 4.01. The molecule has 116 valence electrons. The molecule has 2 atom stereocenters. The lowest BCUT2D eigenvalue weighted by Crippen LogP contribution is -2.63. The highest BCUT2D eigenvalue weighted by Crippen LogP contribution is 2.44. The molecule has 0 bridgehead atoms. The molecule has 1 saturated heterocycles. The van der Waals surface area contributed by atoms with Crippen LogP contribution in [0.4, 0.5) is 0 Å². The molecular formula is C19H30N2. The molecular weight excluding hydrogens is 256 g/mol. The van der Waals surface area contributed by atoms with Crippen molar-refractivity contribution in [1.82, 2.24) is 10.2 Å². The average Bonchev–Trinajstić information content (AvgIpc) is 3.25. The largest absolute Gasteiger partial charge is 0.311 e. The molecule has 1 aromatic carbocycles. The molecule has 1 saturated carbocycles. The van der Waals surface area contributed by atoms with E-state index in [-0.39, 0.29) is 0 Å². The van der Waals surface area contributed by atoms with Crippen LogP contribution in [0.15, 0.2) is 18.2 Å². The summed E-state index contributed by atoms with van der Waals surface area (Å²) in [6.45, 7) is 12.6. The minimum Gasteiger partial charge on any atom is -0.311 e. The molecule has 1 aliphatic heterocycles. The quantitative estimate of drug-likeness (QED) is 0.909. The van der Waals surface area contributed by atoms with Gasteiger partial charge in [-0.1, -0.05) is 36.2 Å². The summed E-state index contributed by atoms with van der Waals surface area (Å²) in [6.07, 6.45) is 4.06. The van der Waals surface area contributed by atoms with Gasteiger partial charge in [0, 0.05) is 31.2 Å². The van der Waals surface area contributed by atoms with Gasteiger partial charge in [0.15, 0.2) is 0 Å². The molecule has 2 fully saturated rings. The Morgan fingerprint density at radius 1 is 1.19 bits per heavy atom. The standard InChI is InChI=1S/C19H30N2/c1-5-18-12-21(19(4,13-20-18)17-6-7-17)11-16-9-14(2)8-15(3)10-16/h8-10,17-18,20H,5-7,11-13H2,1-4H3. The van der Waals surface area contributed by atoms with Gasteiger partial charge in [0.05, 0.1) is 0 Å². The van der Waals surface area contributed by atoms with Crippen molar-refractivity contribution in [2.24, 2.45) is 5.92 Å². The van der Waals surface area contributed by atoms with E-state index in [4.69, 9.17) is 0 Å². The first kappa shape index (κ1) is 15.1. The van der Waals surface area contributed by atoms with Crippen molar-refractivity contribution in [1.29, 1.82) is 0 Å². The topological polar surface area (TPSA) is 15.3 Å². The second-order valence-corrected chi connectivity index (χ2v) is 7.49. The predicted octanol–water partition coefficient (Wildman–Crippen LogP) is 3.66. The van der Waals surface area contributed by atoms with Crippen LogP contribution in [0.2, 0.25) is 0 Å². The van der Waals surface area contributed by atoms with Crippen LogP contribution in [0.5, 0.6) is 0 Å². The van der Waals surface area contributed by atoms with Crippen LogP contribution in [0.1, 0.15) is 49.8 Å². The molecule has 0 amide bonds. The number of aryl methyl sites for hydroxylation is 2. The molecule has 1 aliphatic carbocycles. The lowest BCUT2D eigenvalue weighted by Gasteiger charge is -2.49. The maximum Gasteiger partial charge on any atom is 0.0338 e. The minimum atomic E-state index is 0.351. The highest BCUT2D eigenvalue weighted by atomic mass is 15.3. The predicted molar refractivity (Wildman–Crippen MR) is 89.5 cm³/mol. The van der Waals surface area contributed by atoms with Gasteiger partial charge in [-0.05, 0) is 51.5 Å². The van der Waals surface area contributed by atoms with E-state index in [2.05, 4.69) is 56.1 Å². The molecule has 1 heterocycles. The van der Waals surface area contributed by atoms with Crippen LogP contribution < -0.4 is 5.32 Å². The highest BCUT2D eigenvalue weighted by Gasteiger charge is 2.47.